The maximum absolute atomic E-state index is 12.6. The average Bonchev–Trinajstić information content (AvgIpc) is 2.80. The highest BCUT2D eigenvalue weighted by Crippen LogP contribution is 2.44. The number of allylic oxidation sites excluding steroid dienone is 1. The van der Waals surface area contributed by atoms with Crippen LogP contribution in [0.1, 0.15) is 37.9 Å². The molecular formula is C24H27N3O5S. The van der Waals surface area contributed by atoms with E-state index in [0.717, 1.165) is 5.56 Å². The van der Waals surface area contributed by atoms with Crippen LogP contribution in [-0.2, 0) is 11.4 Å². The van der Waals surface area contributed by atoms with E-state index in [2.05, 4.69) is 0 Å². The normalized spacial score (nSPS) is 15.8. The molecule has 9 heteroatoms. The molecule has 0 aliphatic carbocycles. The van der Waals surface area contributed by atoms with Gasteiger partial charge in [-0.1, -0.05) is 42.1 Å². The van der Waals surface area contributed by atoms with Crippen molar-refractivity contribution in [3.8, 4) is 11.5 Å². The number of benzene rings is 2. The molecule has 2 aromatic carbocycles. The summed E-state index contributed by atoms with van der Waals surface area (Å²) in [4.78, 5) is 30.7. The molecule has 8 nitrogen and oxygen atoms in total. The summed E-state index contributed by atoms with van der Waals surface area (Å²) in [6.45, 7) is 5.68. The highest BCUT2D eigenvalue weighted by Gasteiger charge is 2.35. The molecule has 0 bridgehead atoms. The molecule has 1 atom stereocenters. The molecular weight excluding hydrogens is 442 g/mol. The molecule has 0 N–H and O–H groups in total. The van der Waals surface area contributed by atoms with E-state index in [9.17, 15) is 14.9 Å². The number of ketones is 1. The summed E-state index contributed by atoms with van der Waals surface area (Å²) >= 11 is 1.41. The van der Waals surface area contributed by atoms with Gasteiger partial charge in [0.1, 0.15) is 12.6 Å². The van der Waals surface area contributed by atoms with Crippen molar-refractivity contribution in [2.75, 3.05) is 19.9 Å². The third-order valence-corrected chi connectivity index (χ3v) is 6.12. The lowest BCUT2D eigenvalue weighted by atomic mass is 9.92. The van der Waals surface area contributed by atoms with E-state index in [1.54, 1.807) is 6.07 Å². The first kappa shape index (κ1) is 24.3. The van der Waals surface area contributed by atoms with E-state index in [1.165, 1.54) is 24.8 Å². The third kappa shape index (κ3) is 5.19. The minimum atomic E-state index is -0.816. The van der Waals surface area contributed by atoms with Crippen molar-refractivity contribution in [1.82, 2.24) is 4.90 Å². The molecule has 0 amide bonds. The fourth-order valence-electron chi connectivity index (χ4n) is 3.70. The van der Waals surface area contributed by atoms with Gasteiger partial charge in [-0.25, -0.2) is 4.99 Å². The van der Waals surface area contributed by atoms with Gasteiger partial charge in [0.2, 0.25) is 0 Å². The Morgan fingerprint density at radius 1 is 1.21 bits per heavy atom. The number of hydrogen-bond donors (Lipinski definition) is 0. The van der Waals surface area contributed by atoms with Crippen LogP contribution in [0.2, 0.25) is 0 Å². The minimum absolute atomic E-state index is 0.174. The zero-order valence-corrected chi connectivity index (χ0v) is 20.1. The standard InChI is InChI=1S/C24H27N3O5S/c1-6-31-20-12-18(23-22(16(3)28)15(2)26(4)24(25-23)33-5)19(27(29)30)13-21(20)32-14-17-10-8-7-9-11-17/h7-13,23H,6,14H2,1-5H3/t23-/m0/s1. The van der Waals surface area contributed by atoms with Crippen LogP contribution in [0.5, 0.6) is 11.5 Å². The monoisotopic (exact) mass is 469 g/mol. The van der Waals surface area contributed by atoms with Crippen LogP contribution >= 0.6 is 11.8 Å². The number of thioether (sulfide) groups is 1. The number of amidine groups is 1. The number of carbonyl (C=O) groups is 1. The van der Waals surface area contributed by atoms with Gasteiger partial charge < -0.3 is 14.4 Å². The molecule has 0 saturated heterocycles. The summed E-state index contributed by atoms with van der Waals surface area (Å²) in [5.41, 5.74) is 2.17. The molecule has 33 heavy (non-hydrogen) atoms. The highest BCUT2D eigenvalue weighted by atomic mass is 32.2. The van der Waals surface area contributed by atoms with E-state index >= 15 is 0 Å². The second-order valence-electron chi connectivity index (χ2n) is 7.45. The van der Waals surface area contributed by atoms with Crippen molar-refractivity contribution in [1.29, 1.82) is 0 Å². The van der Waals surface area contributed by atoms with Crippen LogP contribution < -0.4 is 9.47 Å². The summed E-state index contributed by atoms with van der Waals surface area (Å²) in [7, 11) is 1.82. The Kier molecular flexibility index (Phi) is 7.75. The number of nitro groups is 1. The predicted octanol–water partition coefficient (Wildman–Crippen LogP) is 5.14. The van der Waals surface area contributed by atoms with Crippen LogP contribution in [0, 0.1) is 10.1 Å². The first-order valence-corrected chi connectivity index (χ1v) is 11.7. The van der Waals surface area contributed by atoms with E-state index in [-0.39, 0.29) is 23.8 Å². The van der Waals surface area contributed by atoms with Crippen LogP contribution in [-0.4, -0.2) is 40.7 Å². The Morgan fingerprint density at radius 2 is 1.88 bits per heavy atom. The lowest BCUT2D eigenvalue weighted by Crippen LogP contribution is -2.31. The molecule has 1 aliphatic heterocycles. The largest absolute Gasteiger partial charge is 0.490 e. The molecule has 0 spiro atoms. The van der Waals surface area contributed by atoms with Gasteiger partial charge in [0.15, 0.2) is 22.4 Å². The van der Waals surface area contributed by atoms with Crippen molar-refractivity contribution in [3.63, 3.8) is 0 Å². The first-order chi connectivity index (χ1) is 15.8. The van der Waals surface area contributed by atoms with Gasteiger partial charge in [-0.05, 0) is 38.7 Å². The first-order valence-electron chi connectivity index (χ1n) is 10.5. The van der Waals surface area contributed by atoms with Gasteiger partial charge >= 0.3 is 0 Å². The van der Waals surface area contributed by atoms with Gasteiger partial charge in [0.25, 0.3) is 5.69 Å². The van der Waals surface area contributed by atoms with E-state index in [4.69, 9.17) is 14.5 Å². The summed E-state index contributed by atoms with van der Waals surface area (Å²) in [5, 5.41) is 12.7. The summed E-state index contributed by atoms with van der Waals surface area (Å²) in [5.74, 6) is 0.447. The Hall–Kier alpha value is -3.33. The van der Waals surface area contributed by atoms with Gasteiger partial charge in [-0.2, -0.15) is 0 Å². The van der Waals surface area contributed by atoms with E-state index in [0.29, 0.717) is 34.4 Å². The zero-order valence-electron chi connectivity index (χ0n) is 19.3. The fourth-order valence-corrected chi connectivity index (χ4v) is 4.33. The van der Waals surface area contributed by atoms with Crippen molar-refractivity contribution >= 4 is 28.4 Å². The van der Waals surface area contributed by atoms with Crippen molar-refractivity contribution < 1.29 is 19.2 Å². The molecule has 0 aromatic heterocycles. The van der Waals surface area contributed by atoms with Crippen LogP contribution in [0.15, 0.2) is 58.7 Å². The molecule has 0 radical (unpaired) electrons. The number of hydrogen-bond acceptors (Lipinski definition) is 8. The molecule has 0 unspecified atom stereocenters. The number of rotatable bonds is 8. The van der Waals surface area contributed by atoms with Crippen LogP contribution in [0.25, 0.3) is 0 Å². The minimum Gasteiger partial charge on any atom is -0.490 e. The topological polar surface area (TPSA) is 94.3 Å². The molecule has 1 heterocycles. The average molecular weight is 470 g/mol. The maximum atomic E-state index is 12.6. The molecule has 3 rings (SSSR count). The van der Waals surface area contributed by atoms with Gasteiger partial charge in [-0.3, -0.25) is 14.9 Å². The quantitative estimate of drug-likeness (QED) is 0.390. The predicted molar refractivity (Wildman–Crippen MR) is 130 cm³/mol. The highest BCUT2D eigenvalue weighted by molar-refractivity contribution is 8.13. The lowest BCUT2D eigenvalue weighted by molar-refractivity contribution is -0.385. The third-order valence-electron chi connectivity index (χ3n) is 5.38. The smallest absolute Gasteiger partial charge is 0.279 e. The number of nitro benzene ring substituents is 1. The fraction of sp³-hybridized carbons (Fsp3) is 0.333. The Bertz CT molecular complexity index is 1110. The molecule has 2 aromatic rings. The van der Waals surface area contributed by atoms with Crippen molar-refractivity contribution in [3.05, 3.63) is 75.0 Å². The summed E-state index contributed by atoms with van der Waals surface area (Å²) in [6.07, 6.45) is 1.87. The number of aliphatic imine (C=N–C) groups is 1. The van der Waals surface area contributed by atoms with Crippen molar-refractivity contribution in [2.45, 2.75) is 33.4 Å². The summed E-state index contributed by atoms with van der Waals surface area (Å²) in [6, 6.07) is 11.6. The Labute approximate surface area is 197 Å². The molecule has 0 saturated carbocycles. The Morgan fingerprint density at radius 3 is 2.45 bits per heavy atom. The van der Waals surface area contributed by atoms with Gasteiger partial charge in [0.05, 0.1) is 23.2 Å². The van der Waals surface area contributed by atoms with Crippen LogP contribution in [0.3, 0.4) is 0 Å². The van der Waals surface area contributed by atoms with E-state index in [1.807, 2.05) is 62.4 Å². The number of Topliss-reactive ketones (excluding diaryl/α,β-unsaturated/α-hetero) is 1. The summed E-state index contributed by atoms with van der Waals surface area (Å²) < 4.78 is 11.7. The number of nitrogens with zero attached hydrogens (tertiary/aromatic N) is 3. The van der Waals surface area contributed by atoms with E-state index < -0.39 is 11.0 Å². The molecule has 174 valence electrons. The zero-order chi connectivity index (χ0) is 24.1. The number of carbonyl (C=O) groups excluding carboxylic acids is 1. The second-order valence-corrected chi connectivity index (χ2v) is 8.23. The Balaban J connectivity index is 2.14. The second kappa shape index (κ2) is 10.5. The molecule has 0 fully saturated rings. The van der Waals surface area contributed by atoms with Crippen molar-refractivity contribution in [2.24, 2.45) is 4.99 Å². The number of ether oxygens (including phenoxy) is 2. The SMILES string of the molecule is CCOc1cc([C@@H]2N=C(SC)N(C)C(C)=C2C(C)=O)c([N+](=O)[O-])cc1OCc1ccccc1. The lowest BCUT2D eigenvalue weighted by Gasteiger charge is -2.31. The molecule has 1 aliphatic rings. The van der Waals surface area contributed by atoms with Gasteiger partial charge in [0, 0.05) is 18.3 Å². The maximum Gasteiger partial charge on any atom is 0.279 e. The van der Waals surface area contributed by atoms with Crippen LogP contribution in [0.4, 0.5) is 5.69 Å². The van der Waals surface area contributed by atoms with Gasteiger partial charge in [-0.15, -0.1) is 0 Å².